The number of carbonyl (C=O) groups excluding carboxylic acids is 2. The Kier molecular flexibility index (Phi) is 8.22. The van der Waals surface area contributed by atoms with Crippen molar-refractivity contribution in [1.29, 1.82) is 0 Å². The Morgan fingerprint density at radius 2 is 2.00 bits per heavy atom. The number of hydrogen-bond donors (Lipinski definition) is 3. The topological polar surface area (TPSA) is 114 Å². The Morgan fingerprint density at radius 3 is 2.65 bits per heavy atom. The number of aromatic nitrogens is 2. The lowest BCUT2D eigenvalue weighted by molar-refractivity contribution is -0.154. The molecule has 172 valence electrons. The van der Waals surface area contributed by atoms with E-state index >= 15 is 4.39 Å². The van der Waals surface area contributed by atoms with E-state index in [1.807, 2.05) is 7.05 Å². The van der Waals surface area contributed by atoms with Crippen molar-refractivity contribution >= 4 is 35.6 Å². The highest BCUT2D eigenvalue weighted by Gasteiger charge is 2.28. The van der Waals surface area contributed by atoms with Crippen molar-refractivity contribution in [3.05, 3.63) is 11.1 Å². The highest BCUT2D eigenvalue weighted by atomic mass is 35.5. The molecule has 31 heavy (non-hydrogen) atoms. The van der Waals surface area contributed by atoms with E-state index < -0.39 is 17.6 Å². The highest BCUT2D eigenvalue weighted by molar-refractivity contribution is 6.28. The number of nitrogens with zero attached hydrogens (tertiary/aromatic N) is 5. The van der Waals surface area contributed by atoms with Crippen LogP contribution in [0.3, 0.4) is 0 Å². The second kappa shape index (κ2) is 10.9. The molecule has 0 bridgehead atoms. The molecule has 2 aliphatic rings. The third kappa shape index (κ3) is 6.37. The zero-order chi connectivity index (χ0) is 22.4. The van der Waals surface area contributed by atoms with Crippen LogP contribution < -0.4 is 15.8 Å². The van der Waals surface area contributed by atoms with Crippen LogP contribution in [0, 0.1) is 17.7 Å². The first-order chi connectivity index (χ1) is 14.9. The molecule has 1 aliphatic carbocycles. The lowest BCUT2D eigenvalue weighted by Gasteiger charge is -2.33. The van der Waals surface area contributed by atoms with Crippen molar-refractivity contribution in [3.8, 4) is 0 Å². The largest absolute Gasteiger partial charge is 0.351 e. The van der Waals surface area contributed by atoms with E-state index in [1.165, 1.54) is 0 Å². The number of hydroxylamine groups is 2. The maximum atomic E-state index is 15.0. The smallest absolute Gasteiger partial charge is 0.243 e. The Bertz CT molecular complexity index is 773. The van der Waals surface area contributed by atoms with Crippen molar-refractivity contribution in [2.75, 3.05) is 50.1 Å². The average molecular weight is 458 g/mol. The van der Waals surface area contributed by atoms with Gasteiger partial charge in [0.2, 0.25) is 23.4 Å². The fraction of sp³-hybridized carbons (Fsp3) is 0.684. The highest BCUT2D eigenvalue weighted by Crippen LogP contribution is 2.31. The molecule has 0 unspecified atom stereocenters. The van der Waals surface area contributed by atoms with Gasteiger partial charge in [-0.1, -0.05) is 25.7 Å². The predicted octanol–water partition coefficient (Wildman–Crippen LogP) is 1.51. The maximum Gasteiger partial charge on any atom is 0.243 e. The number of hydrazine groups is 1. The molecule has 0 spiro atoms. The van der Waals surface area contributed by atoms with Crippen LogP contribution in [0.5, 0.6) is 0 Å². The molecule has 1 aliphatic heterocycles. The Labute approximate surface area is 185 Å². The number of rotatable bonds is 9. The summed E-state index contributed by atoms with van der Waals surface area (Å²) in [6.45, 7) is 2.56. The van der Waals surface area contributed by atoms with Crippen molar-refractivity contribution in [2.45, 2.75) is 32.1 Å². The SMILES string of the molecule is CN1CCN(c2nc(Cl)nc(NNC(=O)[C@@H](CC3CCCC3)CN(O)C=O)c2F)CC1. The minimum absolute atomic E-state index is 0.0786. The summed E-state index contributed by atoms with van der Waals surface area (Å²) < 4.78 is 15.0. The first-order valence-corrected chi connectivity index (χ1v) is 10.9. The summed E-state index contributed by atoms with van der Waals surface area (Å²) in [7, 11) is 1.99. The van der Waals surface area contributed by atoms with E-state index in [1.54, 1.807) is 4.90 Å². The summed E-state index contributed by atoms with van der Waals surface area (Å²) in [5, 5.41) is 9.88. The fourth-order valence-corrected chi connectivity index (χ4v) is 4.29. The summed E-state index contributed by atoms with van der Waals surface area (Å²) in [6, 6.07) is 0. The predicted molar refractivity (Wildman–Crippen MR) is 113 cm³/mol. The molecule has 3 rings (SSSR count). The second-order valence-electron chi connectivity index (χ2n) is 8.19. The van der Waals surface area contributed by atoms with Crippen LogP contribution in [0.2, 0.25) is 5.28 Å². The van der Waals surface area contributed by atoms with Gasteiger partial charge in [0, 0.05) is 26.2 Å². The molecule has 1 aromatic rings. The number of halogens is 2. The molecule has 2 fully saturated rings. The van der Waals surface area contributed by atoms with Gasteiger partial charge < -0.3 is 9.80 Å². The van der Waals surface area contributed by atoms with E-state index in [9.17, 15) is 14.8 Å². The van der Waals surface area contributed by atoms with Gasteiger partial charge in [-0.2, -0.15) is 14.4 Å². The first-order valence-electron chi connectivity index (χ1n) is 10.5. The molecule has 2 amide bonds. The molecular weight excluding hydrogens is 429 g/mol. The number of amides is 2. The van der Waals surface area contributed by atoms with Crippen LogP contribution in [0.4, 0.5) is 16.0 Å². The molecule has 12 heteroatoms. The second-order valence-corrected chi connectivity index (χ2v) is 8.53. The Balaban J connectivity index is 1.67. The molecule has 10 nitrogen and oxygen atoms in total. The van der Waals surface area contributed by atoms with Crippen LogP contribution in [-0.4, -0.2) is 77.2 Å². The van der Waals surface area contributed by atoms with E-state index in [-0.39, 0.29) is 29.9 Å². The maximum absolute atomic E-state index is 15.0. The average Bonchev–Trinajstić information content (AvgIpc) is 3.27. The molecule has 0 aromatic carbocycles. The Hall–Kier alpha value is -2.24. The summed E-state index contributed by atoms with van der Waals surface area (Å²) in [4.78, 5) is 35.3. The van der Waals surface area contributed by atoms with Gasteiger partial charge >= 0.3 is 0 Å². The fourth-order valence-electron chi connectivity index (χ4n) is 4.12. The molecule has 3 N–H and O–H groups in total. The lowest BCUT2D eigenvalue weighted by atomic mass is 9.92. The summed E-state index contributed by atoms with van der Waals surface area (Å²) >= 11 is 5.99. The van der Waals surface area contributed by atoms with Crippen molar-refractivity contribution in [2.24, 2.45) is 11.8 Å². The third-order valence-electron chi connectivity index (χ3n) is 5.91. The van der Waals surface area contributed by atoms with Gasteiger partial charge in [-0.25, -0.2) is 5.06 Å². The number of likely N-dealkylation sites (N-methyl/N-ethyl adjacent to an activating group) is 1. The minimum Gasteiger partial charge on any atom is -0.351 e. The Morgan fingerprint density at radius 1 is 1.32 bits per heavy atom. The zero-order valence-electron chi connectivity index (χ0n) is 17.6. The van der Waals surface area contributed by atoms with Crippen molar-refractivity contribution < 1.29 is 19.2 Å². The first kappa shape index (κ1) is 23.4. The van der Waals surface area contributed by atoms with Crippen molar-refractivity contribution in [1.82, 2.24) is 25.4 Å². The molecule has 1 aromatic heterocycles. The molecule has 2 heterocycles. The van der Waals surface area contributed by atoms with Crippen LogP contribution in [0.1, 0.15) is 32.1 Å². The number of nitrogens with one attached hydrogen (secondary N) is 2. The molecule has 0 radical (unpaired) electrons. The minimum atomic E-state index is -0.710. The van der Waals surface area contributed by atoms with E-state index in [0.717, 1.165) is 38.8 Å². The zero-order valence-corrected chi connectivity index (χ0v) is 18.3. The van der Waals surface area contributed by atoms with Crippen molar-refractivity contribution in [3.63, 3.8) is 0 Å². The van der Waals surface area contributed by atoms with Gasteiger partial charge in [0.05, 0.1) is 12.5 Å². The number of piperazine rings is 1. The van der Waals surface area contributed by atoms with Gasteiger partial charge in [0.1, 0.15) is 0 Å². The van der Waals surface area contributed by atoms with Crippen LogP contribution >= 0.6 is 11.6 Å². The van der Waals surface area contributed by atoms with Crippen LogP contribution in [0.25, 0.3) is 0 Å². The quantitative estimate of drug-likeness (QED) is 0.221. The van der Waals surface area contributed by atoms with E-state index in [2.05, 4.69) is 25.7 Å². The van der Waals surface area contributed by atoms with Gasteiger partial charge in [-0.05, 0) is 31.0 Å². The summed E-state index contributed by atoms with van der Waals surface area (Å²) in [5.74, 6) is -1.64. The number of carbonyl (C=O) groups is 2. The van der Waals surface area contributed by atoms with Crippen LogP contribution in [0.15, 0.2) is 0 Å². The van der Waals surface area contributed by atoms with E-state index in [4.69, 9.17) is 11.6 Å². The number of hydrogen-bond acceptors (Lipinski definition) is 8. The molecule has 1 saturated carbocycles. The van der Waals surface area contributed by atoms with E-state index in [0.29, 0.717) is 30.5 Å². The standard InChI is InChI=1S/C19H29ClFN7O3/c1-26-6-8-27(9-7-26)17-15(21)16(22-19(20)23-17)24-25-18(30)14(11-28(31)12-29)10-13-4-2-3-5-13/h12-14,31H,2-11H2,1H3,(H,25,30)(H,22,23,24)/t14-/m0/s1. The number of anilines is 2. The third-order valence-corrected chi connectivity index (χ3v) is 6.07. The molecule has 1 atom stereocenters. The van der Waals surface area contributed by atoms with Gasteiger partial charge in [0.15, 0.2) is 11.6 Å². The van der Waals surface area contributed by atoms with Gasteiger partial charge in [0.25, 0.3) is 0 Å². The monoisotopic (exact) mass is 457 g/mol. The lowest BCUT2D eigenvalue weighted by Crippen LogP contribution is -2.45. The normalized spacial score (nSPS) is 18.6. The van der Waals surface area contributed by atoms with Gasteiger partial charge in [-0.15, -0.1) is 0 Å². The summed E-state index contributed by atoms with van der Waals surface area (Å²) in [6.07, 6.45) is 5.01. The molecular formula is C19H29ClFN7O3. The molecule has 1 saturated heterocycles. The van der Waals surface area contributed by atoms with Gasteiger partial charge in [-0.3, -0.25) is 25.6 Å². The van der Waals surface area contributed by atoms with Crippen LogP contribution in [-0.2, 0) is 9.59 Å². The summed E-state index contributed by atoms with van der Waals surface area (Å²) in [5.41, 5.74) is 4.95.